The summed E-state index contributed by atoms with van der Waals surface area (Å²) in [5.41, 5.74) is -1.55. The molecule has 0 aliphatic carbocycles. The van der Waals surface area contributed by atoms with Gasteiger partial charge in [-0.15, -0.1) is 11.3 Å². The summed E-state index contributed by atoms with van der Waals surface area (Å²) in [4.78, 5) is 17.6. The second-order valence-electron chi connectivity index (χ2n) is 6.58. The van der Waals surface area contributed by atoms with Crippen molar-refractivity contribution in [2.75, 3.05) is 13.1 Å². The van der Waals surface area contributed by atoms with Crippen molar-refractivity contribution < 1.29 is 23.1 Å². The number of aliphatic hydroxyl groups is 1. The van der Waals surface area contributed by atoms with E-state index in [-0.39, 0.29) is 19.0 Å². The Balaban J connectivity index is 1.70. The number of alkyl halides is 3. The summed E-state index contributed by atoms with van der Waals surface area (Å²) in [5.74, 6) is -1.24. The first-order valence-corrected chi connectivity index (χ1v) is 9.04. The number of aromatic nitrogens is 3. The monoisotopic (exact) mass is 388 g/mol. The summed E-state index contributed by atoms with van der Waals surface area (Å²) < 4.78 is 40.3. The summed E-state index contributed by atoms with van der Waals surface area (Å²) in [5, 5.41) is 16.5. The SMILES string of the molecule is Cc1csc(-n2nccc2C2CCN(C(=O)[C@@](C)(O)C(F)(F)F)CC2)n1. The van der Waals surface area contributed by atoms with E-state index < -0.39 is 17.7 Å². The molecule has 26 heavy (non-hydrogen) atoms. The van der Waals surface area contributed by atoms with E-state index in [1.54, 1.807) is 10.9 Å². The molecule has 0 aromatic carbocycles. The van der Waals surface area contributed by atoms with Crippen LogP contribution in [0.25, 0.3) is 5.13 Å². The minimum absolute atomic E-state index is 0.0570. The minimum atomic E-state index is -5.00. The van der Waals surface area contributed by atoms with E-state index in [2.05, 4.69) is 10.1 Å². The van der Waals surface area contributed by atoms with E-state index in [9.17, 15) is 23.1 Å². The Bertz CT molecular complexity index is 792. The van der Waals surface area contributed by atoms with Crippen LogP contribution in [-0.4, -0.2) is 55.5 Å². The second-order valence-corrected chi connectivity index (χ2v) is 7.41. The van der Waals surface area contributed by atoms with Gasteiger partial charge in [0, 0.05) is 30.6 Å². The van der Waals surface area contributed by atoms with Crippen LogP contribution in [0.2, 0.25) is 0 Å². The predicted octanol–water partition coefficient (Wildman–Crippen LogP) is 2.66. The number of halogens is 3. The van der Waals surface area contributed by atoms with Crippen LogP contribution in [0.5, 0.6) is 0 Å². The van der Waals surface area contributed by atoms with E-state index in [1.807, 2.05) is 18.4 Å². The molecule has 0 bridgehead atoms. The third-order valence-electron chi connectivity index (χ3n) is 4.63. The molecule has 1 saturated heterocycles. The lowest BCUT2D eigenvalue weighted by Gasteiger charge is -2.36. The maximum absolute atomic E-state index is 12.9. The van der Waals surface area contributed by atoms with Crippen molar-refractivity contribution in [1.29, 1.82) is 0 Å². The molecule has 1 amide bonds. The number of rotatable bonds is 3. The van der Waals surface area contributed by atoms with Gasteiger partial charge in [0.2, 0.25) is 10.7 Å². The van der Waals surface area contributed by atoms with Gasteiger partial charge >= 0.3 is 6.18 Å². The Hall–Kier alpha value is -1.94. The Kier molecular flexibility index (Phi) is 4.82. The van der Waals surface area contributed by atoms with Crippen molar-refractivity contribution in [1.82, 2.24) is 19.7 Å². The quantitative estimate of drug-likeness (QED) is 0.878. The average molecular weight is 388 g/mol. The van der Waals surface area contributed by atoms with Gasteiger partial charge in [0.25, 0.3) is 5.91 Å². The maximum atomic E-state index is 12.9. The summed E-state index contributed by atoms with van der Waals surface area (Å²) in [6.07, 6.45) is -2.34. The van der Waals surface area contributed by atoms with Crippen LogP contribution in [0.15, 0.2) is 17.6 Å². The highest BCUT2D eigenvalue weighted by Crippen LogP contribution is 2.35. The highest BCUT2D eigenvalue weighted by atomic mass is 32.1. The number of aryl methyl sites for hydroxylation is 1. The third-order valence-corrected chi connectivity index (χ3v) is 5.56. The molecule has 6 nitrogen and oxygen atoms in total. The molecule has 1 fully saturated rings. The largest absolute Gasteiger partial charge is 0.426 e. The number of piperidine rings is 1. The number of carbonyl (C=O) groups excluding carboxylic acids is 1. The Morgan fingerprint density at radius 1 is 1.35 bits per heavy atom. The van der Waals surface area contributed by atoms with E-state index in [0.717, 1.165) is 21.4 Å². The summed E-state index contributed by atoms with van der Waals surface area (Å²) in [6, 6.07) is 1.87. The number of hydrogen-bond donors (Lipinski definition) is 1. The van der Waals surface area contributed by atoms with Gasteiger partial charge in [-0.2, -0.15) is 18.3 Å². The van der Waals surface area contributed by atoms with Gasteiger partial charge in [-0.1, -0.05) is 0 Å². The summed E-state index contributed by atoms with van der Waals surface area (Å²) in [6.45, 7) is 2.69. The van der Waals surface area contributed by atoms with Gasteiger partial charge < -0.3 is 10.0 Å². The van der Waals surface area contributed by atoms with Gasteiger partial charge in [0.15, 0.2) is 0 Å². The molecule has 3 heterocycles. The van der Waals surface area contributed by atoms with Crippen LogP contribution in [0, 0.1) is 6.92 Å². The topological polar surface area (TPSA) is 71.2 Å². The van der Waals surface area contributed by atoms with E-state index in [0.29, 0.717) is 19.8 Å². The van der Waals surface area contributed by atoms with Gasteiger partial charge in [-0.25, -0.2) is 9.67 Å². The molecule has 0 saturated carbocycles. The number of likely N-dealkylation sites (tertiary alicyclic amines) is 1. The van der Waals surface area contributed by atoms with Crippen molar-refractivity contribution in [3.05, 3.63) is 29.0 Å². The molecule has 1 aliphatic heterocycles. The van der Waals surface area contributed by atoms with Crippen molar-refractivity contribution in [2.24, 2.45) is 0 Å². The standard InChI is InChI=1S/C16H19F3N4O2S/c1-10-9-26-14(21-10)23-12(3-6-20-23)11-4-7-22(8-5-11)13(24)15(2,25)16(17,18)19/h3,6,9,11,25H,4-5,7-8H2,1-2H3/t15-/m1/s1. The van der Waals surface area contributed by atoms with E-state index in [4.69, 9.17) is 0 Å². The highest BCUT2D eigenvalue weighted by Gasteiger charge is 2.57. The van der Waals surface area contributed by atoms with Crippen LogP contribution in [-0.2, 0) is 4.79 Å². The van der Waals surface area contributed by atoms with Crippen LogP contribution in [0.3, 0.4) is 0 Å². The lowest BCUT2D eigenvalue weighted by molar-refractivity contribution is -0.250. The second kappa shape index (κ2) is 6.66. The number of hydrogen-bond acceptors (Lipinski definition) is 5. The van der Waals surface area contributed by atoms with Gasteiger partial charge in [-0.3, -0.25) is 4.79 Å². The summed E-state index contributed by atoms with van der Waals surface area (Å²) >= 11 is 1.46. The average Bonchev–Trinajstić information content (AvgIpc) is 3.21. The van der Waals surface area contributed by atoms with Crippen LogP contribution in [0.1, 0.15) is 37.1 Å². The zero-order chi connectivity index (χ0) is 19.1. The first-order chi connectivity index (χ1) is 12.1. The molecular formula is C16H19F3N4O2S. The summed E-state index contributed by atoms with van der Waals surface area (Å²) in [7, 11) is 0. The van der Waals surface area contributed by atoms with E-state index in [1.165, 1.54) is 11.3 Å². The van der Waals surface area contributed by atoms with Crippen molar-refractivity contribution >= 4 is 17.2 Å². The molecule has 3 rings (SSSR count). The maximum Gasteiger partial charge on any atom is 0.426 e. The molecule has 0 spiro atoms. The van der Waals surface area contributed by atoms with Crippen molar-refractivity contribution in [3.63, 3.8) is 0 Å². The molecule has 2 aromatic heterocycles. The Labute approximate surface area is 152 Å². The fourth-order valence-electron chi connectivity index (χ4n) is 3.03. The molecule has 2 aromatic rings. The molecule has 0 radical (unpaired) electrons. The molecule has 1 atom stereocenters. The van der Waals surface area contributed by atoms with Crippen molar-refractivity contribution in [2.45, 2.75) is 44.4 Å². The smallest absolute Gasteiger partial charge is 0.373 e. The lowest BCUT2D eigenvalue weighted by atomic mass is 9.92. The fourth-order valence-corrected chi connectivity index (χ4v) is 3.81. The zero-order valence-electron chi connectivity index (χ0n) is 14.3. The normalized spacial score (nSPS) is 18.8. The van der Waals surface area contributed by atoms with Crippen molar-refractivity contribution in [3.8, 4) is 5.13 Å². The molecule has 10 heteroatoms. The van der Waals surface area contributed by atoms with Gasteiger partial charge in [0.05, 0.1) is 11.4 Å². The Morgan fingerprint density at radius 2 is 2.00 bits per heavy atom. The molecule has 0 unspecified atom stereocenters. The third kappa shape index (κ3) is 3.35. The minimum Gasteiger partial charge on any atom is -0.373 e. The number of amides is 1. The lowest BCUT2D eigenvalue weighted by Crippen LogP contribution is -2.57. The number of carbonyl (C=O) groups is 1. The van der Waals surface area contributed by atoms with Crippen LogP contribution < -0.4 is 0 Å². The van der Waals surface area contributed by atoms with E-state index >= 15 is 0 Å². The Morgan fingerprint density at radius 3 is 2.54 bits per heavy atom. The molecule has 142 valence electrons. The fraction of sp³-hybridized carbons (Fsp3) is 0.562. The first kappa shape index (κ1) is 18.8. The number of nitrogens with zero attached hydrogens (tertiary/aromatic N) is 4. The predicted molar refractivity (Wildman–Crippen MR) is 89.2 cm³/mol. The number of thiazole rings is 1. The first-order valence-electron chi connectivity index (χ1n) is 8.16. The van der Waals surface area contributed by atoms with Crippen LogP contribution in [0.4, 0.5) is 13.2 Å². The molecule has 1 aliphatic rings. The molecule has 1 N–H and O–H groups in total. The zero-order valence-corrected chi connectivity index (χ0v) is 15.1. The molecular weight excluding hydrogens is 369 g/mol. The van der Waals surface area contributed by atoms with Crippen LogP contribution >= 0.6 is 11.3 Å². The highest BCUT2D eigenvalue weighted by molar-refractivity contribution is 7.12. The van der Waals surface area contributed by atoms with Gasteiger partial charge in [0.1, 0.15) is 0 Å². The van der Waals surface area contributed by atoms with Gasteiger partial charge in [-0.05, 0) is 32.8 Å².